The number of hydrogen-bond acceptors (Lipinski definition) is 4. The third-order valence-electron chi connectivity index (χ3n) is 3.53. The van der Waals surface area contributed by atoms with E-state index in [2.05, 4.69) is 0 Å². The summed E-state index contributed by atoms with van der Waals surface area (Å²) in [7, 11) is -1.96. The van der Waals surface area contributed by atoms with E-state index in [9.17, 15) is 13.2 Å². The van der Waals surface area contributed by atoms with Crippen LogP contribution in [-0.2, 0) is 21.1 Å². The van der Waals surface area contributed by atoms with Crippen LogP contribution in [0.1, 0.15) is 18.9 Å². The molecule has 6 heteroatoms. The lowest BCUT2D eigenvalue weighted by molar-refractivity contribution is -0.141. The summed E-state index contributed by atoms with van der Waals surface area (Å²) in [6.07, 6.45) is 0.439. The van der Waals surface area contributed by atoms with Gasteiger partial charge in [0, 0.05) is 5.56 Å². The van der Waals surface area contributed by atoms with Gasteiger partial charge in [-0.15, -0.1) is 0 Å². The van der Waals surface area contributed by atoms with Crippen LogP contribution in [0, 0.1) is 5.92 Å². The normalized spacial score (nSPS) is 21.7. The molecule has 5 nitrogen and oxygen atoms in total. The first-order valence-corrected chi connectivity index (χ1v) is 7.55. The van der Waals surface area contributed by atoms with Gasteiger partial charge in [0.2, 0.25) is 0 Å². The highest BCUT2D eigenvalue weighted by molar-refractivity contribution is 7.92. The standard InChI is InChI=1S/C13H16O5S/c1-8(13(14)15)6-9-7-10-11(18-2)4-3-5-12(10)19(9,16)17/h3-5,8-9H,6-7H2,1-2H3,(H,14,15). The maximum atomic E-state index is 12.4. The Morgan fingerprint density at radius 2 is 2.21 bits per heavy atom. The molecule has 0 fully saturated rings. The van der Waals surface area contributed by atoms with Crippen LogP contribution in [0.5, 0.6) is 5.75 Å². The summed E-state index contributed by atoms with van der Waals surface area (Å²) in [6.45, 7) is 1.53. The monoisotopic (exact) mass is 284 g/mol. The van der Waals surface area contributed by atoms with Gasteiger partial charge in [0.15, 0.2) is 9.84 Å². The fourth-order valence-electron chi connectivity index (χ4n) is 2.43. The van der Waals surface area contributed by atoms with Crippen LogP contribution in [0.15, 0.2) is 23.1 Å². The van der Waals surface area contributed by atoms with Crippen LogP contribution in [0.2, 0.25) is 0 Å². The molecule has 0 spiro atoms. The number of benzene rings is 1. The smallest absolute Gasteiger partial charge is 0.306 e. The van der Waals surface area contributed by atoms with E-state index >= 15 is 0 Å². The Bertz CT molecular complexity index is 605. The highest BCUT2D eigenvalue weighted by atomic mass is 32.2. The molecule has 1 heterocycles. The highest BCUT2D eigenvalue weighted by Gasteiger charge is 2.40. The zero-order chi connectivity index (χ0) is 14.2. The van der Waals surface area contributed by atoms with E-state index in [1.54, 1.807) is 18.2 Å². The highest BCUT2D eigenvalue weighted by Crippen LogP contribution is 2.39. The largest absolute Gasteiger partial charge is 0.496 e. The van der Waals surface area contributed by atoms with E-state index in [0.717, 1.165) is 0 Å². The molecule has 0 saturated carbocycles. The number of rotatable bonds is 4. The number of sulfone groups is 1. The minimum absolute atomic E-state index is 0.121. The summed E-state index contributed by atoms with van der Waals surface area (Å²) in [5, 5.41) is 8.23. The Hall–Kier alpha value is -1.56. The third kappa shape index (κ3) is 2.32. The minimum Gasteiger partial charge on any atom is -0.496 e. The van der Waals surface area contributed by atoms with E-state index in [4.69, 9.17) is 9.84 Å². The van der Waals surface area contributed by atoms with Gasteiger partial charge in [-0.25, -0.2) is 8.42 Å². The molecule has 19 heavy (non-hydrogen) atoms. The molecule has 0 bridgehead atoms. The zero-order valence-corrected chi connectivity index (χ0v) is 11.6. The van der Waals surface area contributed by atoms with Gasteiger partial charge >= 0.3 is 5.97 Å². The summed E-state index contributed by atoms with van der Waals surface area (Å²) < 4.78 is 29.9. The lowest BCUT2D eigenvalue weighted by atomic mass is 10.0. The Morgan fingerprint density at radius 3 is 2.79 bits per heavy atom. The molecule has 0 aliphatic carbocycles. The first-order chi connectivity index (χ1) is 8.87. The molecule has 0 radical (unpaired) electrons. The van der Waals surface area contributed by atoms with Crippen molar-refractivity contribution in [1.29, 1.82) is 0 Å². The van der Waals surface area contributed by atoms with Crippen LogP contribution in [0.3, 0.4) is 0 Å². The first-order valence-electron chi connectivity index (χ1n) is 6.00. The fraction of sp³-hybridized carbons (Fsp3) is 0.462. The number of methoxy groups -OCH3 is 1. The Balaban J connectivity index is 2.37. The first kappa shape index (κ1) is 13.9. The molecule has 1 aliphatic heterocycles. The van der Waals surface area contributed by atoms with Gasteiger partial charge in [0.1, 0.15) is 5.75 Å². The van der Waals surface area contributed by atoms with Crippen LogP contribution < -0.4 is 4.74 Å². The van der Waals surface area contributed by atoms with Crippen LogP contribution >= 0.6 is 0 Å². The average molecular weight is 284 g/mol. The lowest BCUT2D eigenvalue weighted by Gasteiger charge is -2.12. The lowest BCUT2D eigenvalue weighted by Crippen LogP contribution is -2.23. The molecule has 104 valence electrons. The topological polar surface area (TPSA) is 80.7 Å². The van der Waals surface area contributed by atoms with Crippen molar-refractivity contribution in [2.24, 2.45) is 5.92 Å². The molecule has 2 unspecified atom stereocenters. The van der Waals surface area contributed by atoms with Gasteiger partial charge in [0.25, 0.3) is 0 Å². The van der Waals surface area contributed by atoms with E-state index < -0.39 is 27.0 Å². The van der Waals surface area contributed by atoms with Crippen LogP contribution in [0.4, 0.5) is 0 Å². The van der Waals surface area contributed by atoms with Gasteiger partial charge in [0.05, 0.1) is 23.2 Å². The van der Waals surface area contributed by atoms with Crippen LogP contribution in [-0.4, -0.2) is 31.9 Å². The van der Waals surface area contributed by atoms with E-state index in [0.29, 0.717) is 17.7 Å². The van der Waals surface area contributed by atoms with Crippen molar-refractivity contribution in [3.05, 3.63) is 23.8 Å². The van der Waals surface area contributed by atoms with Crippen molar-refractivity contribution in [3.63, 3.8) is 0 Å². The second-order valence-corrected chi connectivity index (χ2v) is 6.98. The Labute approximate surface area is 112 Å². The number of hydrogen-bond donors (Lipinski definition) is 1. The van der Waals surface area contributed by atoms with Gasteiger partial charge in [-0.3, -0.25) is 4.79 Å². The van der Waals surface area contributed by atoms with Crippen LogP contribution in [0.25, 0.3) is 0 Å². The number of fused-ring (bicyclic) bond motifs is 1. The molecule has 2 rings (SSSR count). The Kier molecular flexibility index (Phi) is 3.54. The molecule has 1 aromatic carbocycles. The number of carboxylic acid groups (broad SMARTS) is 1. The summed E-state index contributed by atoms with van der Waals surface area (Å²) in [6, 6.07) is 4.91. The summed E-state index contributed by atoms with van der Waals surface area (Å²) >= 11 is 0. The summed E-state index contributed by atoms with van der Waals surface area (Å²) in [5.41, 5.74) is 0.660. The quantitative estimate of drug-likeness (QED) is 0.906. The third-order valence-corrected chi connectivity index (χ3v) is 5.76. The van der Waals surface area contributed by atoms with Crippen molar-refractivity contribution in [2.75, 3.05) is 7.11 Å². The zero-order valence-electron chi connectivity index (χ0n) is 10.8. The second kappa shape index (κ2) is 4.85. The van der Waals surface area contributed by atoms with Gasteiger partial charge < -0.3 is 9.84 Å². The number of carboxylic acids is 1. The number of ether oxygens (including phenoxy) is 1. The molecule has 1 N–H and O–H groups in total. The molecule has 1 aromatic rings. The fourth-order valence-corrected chi connectivity index (χ4v) is 4.51. The van der Waals surface area contributed by atoms with Crippen molar-refractivity contribution < 1.29 is 23.1 Å². The van der Waals surface area contributed by atoms with Gasteiger partial charge in [-0.2, -0.15) is 0 Å². The SMILES string of the molecule is COc1cccc2c1CC(CC(C)C(=O)O)S2(=O)=O. The predicted molar refractivity (Wildman–Crippen MR) is 69.1 cm³/mol. The number of aliphatic carboxylic acids is 1. The van der Waals surface area contributed by atoms with Gasteiger partial charge in [-0.05, 0) is 25.0 Å². The van der Waals surface area contributed by atoms with E-state index in [1.807, 2.05) is 0 Å². The number of carbonyl (C=O) groups is 1. The average Bonchev–Trinajstić information content (AvgIpc) is 2.61. The molecule has 0 aromatic heterocycles. The molecular formula is C13H16O5S. The van der Waals surface area contributed by atoms with E-state index in [-0.39, 0.29) is 11.3 Å². The second-order valence-electron chi connectivity index (χ2n) is 4.78. The maximum absolute atomic E-state index is 12.4. The molecule has 2 atom stereocenters. The predicted octanol–water partition coefficient (Wildman–Crippen LogP) is 1.50. The van der Waals surface area contributed by atoms with Gasteiger partial charge in [-0.1, -0.05) is 13.0 Å². The molecule has 0 saturated heterocycles. The minimum atomic E-state index is -3.45. The van der Waals surface area contributed by atoms with Crippen molar-refractivity contribution in [3.8, 4) is 5.75 Å². The summed E-state index contributed by atoms with van der Waals surface area (Å²) in [5.74, 6) is -1.11. The molecule has 0 amide bonds. The van der Waals surface area contributed by atoms with Crippen molar-refractivity contribution >= 4 is 15.8 Å². The summed E-state index contributed by atoms with van der Waals surface area (Å²) in [4.78, 5) is 11.1. The van der Waals surface area contributed by atoms with Crippen molar-refractivity contribution in [1.82, 2.24) is 0 Å². The van der Waals surface area contributed by atoms with E-state index in [1.165, 1.54) is 14.0 Å². The Morgan fingerprint density at radius 1 is 1.53 bits per heavy atom. The van der Waals surface area contributed by atoms with Crippen molar-refractivity contribution in [2.45, 2.75) is 29.9 Å². The molecule has 1 aliphatic rings. The maximum Gasteiger partial charge on any atom is 0.306 e. The molecular weight excluding hydrogens is 268 g/mol.